The third-order valence-electron chi connectivity index (χ3n) is 2.59. The molecule has 0 fully saturated rings. The molecule has 2 rings (SSSR count). The molecule has 0 aliphatic heterocycles. The molecule has 0 saturated heterocycles. The summed E-state index contributed by atoms with van der Waals surface area (Å²) in [5.74, 6) is 0.0930. The molecule has 5 nitrogen and oxygen atoms in total. The standard InChI is InChI=1S/C14H14FN3O2/c1-20-11-5-3-10(4-6-11)17-14(19)18-13-7-2-9(16)8-12(13)15/h2-8H,16H2,1H3,(H2,17,18,19). The van der Waals surface area contributed by atoms with Crippen LogP contribution < -0.4 is 21.1 Å². The van der Waals surface area contributed by atoms with Crippen LogP contribution in [0.1, 0.15) is 0 Å². The van der Waals surface area contributed by atoms with Gasteiger partial charge in [-0.25, -0.2) is 9.18 Å². The van der Waals surface area contributed by atoms with Gasteiger partial charge in [-0.15, -0.1) is 0 Å². The number of nitrogen functional groups attached to an aromatic ring is 1. The fourth-order valence-corrected chi connectivity index (χ4v) is 1.59. The van der Waals surface area contributed by atoms with E-state index < -0.39 is 11.8 Å². The van der Waals surface area contributed by atoms with Crippen molar-refractivity contribution in [2.24, 2.45) is 0 Å². The number of nitrogens with one attached hydrogen (secondary N) is 2. The average molecular weight is 275 g/mol. The van der Waals surface area contributed by atoms with Crippen LogP contribution in [-0.2, 0) is 0 Å². The van der Waals surface area contributed by atoms with E-state index in [9.17, 15) is 9.18 Å². The van der Waals surface area contributed by atoms with Gasteiger partial charge in [-0.3, -0.25) is 0 Å². The fraction of sp³-hybridized carbons (Fsp3) is 0.0714. The normalized spacial score (nSPS) is 9.90. The summed E-state index contributed by atoms with van der Waals surface area (Å²) in [6.45, 7) is 0. The Kier molecular flexibility index (Phi) is 4.05. The number of hydrogen-bond acceptors (Lipinski definition) is 3. The maximum Gasteiger partial charge on any atom is 0.323 e. The third kappa shape index (κ3) is 3.38. The third-order valence-corrected chi connectivity index (χ3v) is 2.59. The second-order valence-corrected chi connectivity index (χ2v) is 4.05. The summed E-state index contributed by atoms with van der Waals surface area (Å²) in [6.07, 6.45) is 0. The number of nitrogens with two attached hydrogens (primary N) is 1. The molecule has 0 spiro atoms. The van der Waals surface area contributed by atoms with Gasteiger partial charge in [-0.1, -0.05) is 0 Å². The molecule has 0 aromatic heterocycles. The van der Waals surface area contributed by atoms with E-state index in [0.29, 0.717) is 17.1 Å². The van der Waals surface area contributed by atoms with E-state index in [0.717, 1.165) is 6.07 Å². The zero-order valence-corrected chi connectivity index (χ0v) is 10.8. The molecule has 0 unspecified atom stereocenters. The van der Waals surface area contributed by atoms with E-state index in [2.05, 4.69) is 10.6 Å². The van der Waals surface area contributed by atoms with Crippen molar-refractivity contribution in [3.05, 3.63) is 48.3 Å². The minimum Gasteiger partial charge on any atom is -0.497 e. The summed E-state index contributed by atoms with van der Waals surface area (Å²) in [5, 5.41) is 4.98. The van der Waals surface area contributed by atoms with Crippen LogP contribution in [0.15, 0.2) is 42.5 Å². The highest BCUT2D eigenvalue weighted by Gasteiger charge is 2.07. The van der Waals surface area contributed by atoms with Crippen LogP contribution in [0.25, 0.3) is 0 Å². The van der Waals surface area contributed by atoms with Gasteiger partial charge in [-0.05, 0) is 42.5 Å². The predicted molar refractivity (Wildman–Crippen MR) is 76.4 cm³/mol. The first kappa shape index (κ1) is 13.7. The first-order valence-electron chi connectivity index (χ1n) is 5.85. The molecule has 2 amide bonds. The summed E-state index contributed by atoms with van der Waals surface area (Å²) >= 11 is 0. The molecule has 0 aliphatic carbocycles. The number of methoxy groups -OCH3 is 1. The van der Waals surface area contributed by atoms with Crippen molar-refractivity contribution >= 4 is 23.1 Å². The predicted octanol–water partition coefficient (Wildman–Crippen LogP) is 3.06. The van der Waals surface area contributed by atoms with Crippen molar-refractivity contribution in [2.75, 3.05) is 23.5 Å². The van der Waals surface area contributed by atoms with Crippen LogP contribution in [0, 0.1) is 5.82 Å². The van der Waals surface area contributed by atoms with Crippen molar-refractivity contribution in [3.8, 4) is 5.75 Å². The van der Waals surface area contributed by atoms with Gasteiger partial charge >= 0.3 is 6.03 Å². The number of carbonyl (C=O) groups excluding carboxylic acids is 1. The smallest absolute Gasteiger partial charge is 0.323 e. The summed E-state index contributed by atoms with van der Waals surface area (Å²) in [5.41, 5.74) is 6.35. The molecular formula is C14H14FN3O2. The van der Waals surface area contributed by atoms with E-state index >= 15 is 0 Å². The number of carbonyl (C=O) groups is 1. The topological polar surface area (TPSA) is 76.4 Å². The van der Waals surface area contributed by atoms with Crippen LogP contribution in [0.3, 0.4) is 0 Å². The zero-order chi connectivity index (χ0) is 14.5. The lowest BCUT2D eigenvalue weighted by Gasteiger charge is -2.09. The number of amides is 2. The lowest BCUT2D eigenvalue weighted by atomic mass is 10.2. The summed E-state index contributed by atoms with van der Waals surface area (Å²) in [7, 11) is 1.55. The minimum absolute atomic E-state index is 0.0604. The number of halogens is 1. The van der Waals surface area contributed by atoms with E-state index in [-0.39, 0.29) is 5.69 Å². The highest BCUT2D eigenvalue weighted by molar-refractivity contribution is 5.99. The molecule has 0 saturated carbocycles. The second kappa shape index (κ2) is 5.92. The SMILES string of the molecule is COc1ccc(NC(=O)Nc2ccc(N)cc2F)cc1. The first-order chi connectivity index (χ1) is 9.58. The Balaban J connectivity index is 2.01. The lowest BCUT2D eigenvalue weighted by molar-refractivity contribution is 0.262. The van der Waals surface area contributed by atoms with Gasteiger partial charge in [0.1, 0.15) is 11.6 Å². The molecule has 2 aromatic carbocycles. The van der Waals surface area contributed by atoms with Crippen molar-refractivity contribution in [1.29, 1.82) is 0 Å². The molecule has 4 N–H and O–H groups in total. The molecule has 2 aromatic rings. The average Bonchev–Trinajstić information content (AvgIpc) is 2.43. The summed E-state index contributed by atoms with van der Waals surface area (Å²) < 4.78 is 18.5. The maximum atomic E-state index is 13.5. The highest BCUT2D eigenvalue weighted by atomic mass is 19.1. The molecule has 20 heavy (non-hydrogen) atoms. The second-order valence-electron chi connectivity index (χ2n) is 4.05. The van der Waals surface area contributed by atoms with Crippen LogP contribution >= 0.6 is 0 Å². The Morgan fingerprint density at radius 2 is 1.85 bits per heavy atom. The van der Waals surface area contributed by atoms with E-state index in [1.165, 1.54) is 12.1 Å². The Hall–Kier alpha value is -2.76. The van der Waals surface area contributed by atoms with Gasteiger partial charge in [0.25, 0.3) is 0 Å². The van der Waals surface area contributed by atoms with Crippen LogP contribution in [0.5, 0.6) is 5.75 Å². The maximum absolute atomic E-state index is 13.5. The molecule has 0 radical (unpaired) electrons. The lowest BCUT2D eigenvalue weighted by Crippen LogP contribution is -2.20. The molecule has 0 heterocycles. The van der Waals surface area contributed by atoms with Gasteiger partial charge in [0, 0.05) is 11.4 Å². The molecule has 0 atom stereocenters. The molecular weight excluding hydrogens is 261 g/mol. The number of rotatable bonds is 3. The fourth-order valence-electron chi connectivity index (χ4n) is 1.59. The number of urea groups is 1. The van der Waals surface area contributed by atoms with E-state index in [4.69, 9.17) is 10.5 Å². The van der Waals surface area contributed by atoms with E-state index in [1.807, 2.05) is 0 Å². The largest absolute Gasteiger partial charge is 0.497 e. The molecule has 0 aliphatic rings. The monoisotopic (exact) mass is 275 g/mol. The van der Waals surface area contributed by atoms with Crippen molar-refractivity contribution in [3.63, 3.8) is 0 Å². The zero-order valence-electron chi connectivity index (χ0n) is 10.8. The Morgan fingerprint density at radius 3 is 2.45 bits per heavy atom. The van der Waals surface area contributed by atoms with Crippen molar-refractivity contribution < 1.29 is 13.9 Å². The van der Waals surface area contributed by atoms with Crippen LogP contribution in [0.4, 0.5) is 26.2 Å². The molecule has 104 valence electrons. The number of anilines is 3. The quantitative estimate of drug-likeness (QED) is 0.753. The number of benzene rings is 2. The molecule has 6 heteroatoms. The van der Waals surface area contributed by atoms with E-state index in [1.54, 1.807) is 31.4 Å². The number of ether oxygens (including phenoxy) is 1. The van der Waals surface area contributed by atoms with Gasteiger partial charge in [-0.2, -0.15) is 0 Å². The van der Waals surface area contributed by atoms with Gasteiger partial charge in [0.05, 0.1) is 12.8 Å². The van der Waals surface area contributed by atoms with Crippen molar-refractivity contribution in [2.45, 2.75) is 0 Å². The van der Waals surface area contributed by atoms with Gasteiger partial charge in [0.15, 0.2) is 0 Å². The Bertz CT molecular complexity index is 614. The minimum atomic E-state index is -0.588. The Labute approximate surface area is 115 Å². The van der Waals surface area contributed by atoms with Crippen LogP contribution in [-0.4, -0.2) is 13.1 Å². The Morgan fingerprint density at radius 1 is 1.15 bits per heavy atom. The highest BCUT2D eigenvalue weighted by Crippen LogP contribution is 2.18. The van der Waals surface area contributed by atoms with Gasteiger partial charge < -0.3 is 21.1 Å². The summed E-state index contributed by atoms with van der Waals surface area (Å²) in [4.78, 5) is 11.7. The van der Waals surface area contributed by atoms with Crippen LogP contribution in [0.2, 0.25) is 0 Å². The first-order valence-corrected chi connectivity index (χ1v) is 5.85. The van der Waals surface area contributed by atoms with Crippen molar-refractivity contribution in [1.82, 2.24) is 0 Å². The molecule has 0 bridgehead atoms. The summed E-state index contributed by atoms with van der Waals surface area (Å²) in [6, 6.07) is 10.3. The number of hydrogen-bond donors (Lipinski definition) is 3. The van der Waals surface area contributed by atoms with Gasteiger partial charge in [0.2, 0.25) is 0 Å².